The number of rotatable bonds is 5. The zero-order valence-corrected chi connectivity index (χ0v) is 13.2. The molecule has 0 saturated carbocycles. The van der Waals surface area contributed by atoms with Crippen LogP contribution in [0.2, 0.25) is 0 Å². The monoisotopic (exact) mass is 349 g/mol. The summed E-state index contributed by atoms with van der Waals surface area (Å²) < 4.78 is 28.2. The normalized spacial score (nSPS) is 11.3. The fraction of sp³-hybridized carbons (Fsp3) is 0.417. The maximum absolute atomic E-state index is 11.9. The van der Waals surface area contributed by atoms with Crippen molar-refractivity contribution in [3.63, 3.8) is 0 Å². The lowest BCUT2D eigenvalue weighted by Gasteiger charge is -2.09. The third kappa shape index (κ3) is 4.50. The minimum Gasteiger partial charge on any atom is -0.461 e. The first-order chi connectivity index (χ1) is 8.76. The van der Waals surface area contributed by atoms with E-state index in [0.717, 1.165) is 0 Å². The average Bonchev–Trinajstić information content (AvgIpc) is 2.33. The predicted molar refractivity (Wildman–Crippen MR) is 77.9 cm³/mol. The van der Waals surface area contributed by atoms with Crippen molar-refractivity contribution in [1.29, 1.82) is 0 Å². The van der Waals surface area contributed by atoms with E-state index in [2.05, 4.69) is 15.9 Å². The van der Waals surface area contributed by atoms with E-state index in [0.29, 0.717) is 21.3 Å². The zero-order chi connectivity index (χ0) is 14.6. The lowest BCUT2D eigenvalue weighted by atomic mass is 10.1. The van der Waals surface area contributed by atoms with Crippen molar-refractivity contribution in [3.8, 4) is 0 Å². The maximum atomic E-state index is 11.9. The molecule has 0 aliphatic carbocycles. The highest BCUT2D eigenvalue weighted by Gasteiger charge is 2.15. The fourth-order valence-electron chi connectivity index (χ4n) is 1.40. The number of ether oxygens (including phenoxy) is 1. The Balaban J connectivity index is 2.75. The Bertz CT molecular complexity index is 584. The van der Waals surface area contributed by atoms with E-state index in [1.165, 1.54) is 0 Å². The van der Waals surface area contributed by atoms with Crippen LogP contribution in [0.15, 0.2) is 16.6 Å². The first-order valence-corrected chi connectivity index (χ1v) is 8.31. The van der Waals surface area contributed by atoms with Gasteiger partial charge in [-0.3, -0.25) is 0 Å². The topological polar surface area (TPSA) is 86.5 Å². The van der Waals surface area contributed by atoms with Gasteiger partial charge in [0.1, 0.15) is 6.61 Å². The van der Waals surface area contributed by atoms with E-state index in [1.54, 1.807) is 26.0 Å². The molecule has 0 radical (unpaired) electrons. The molecule has 7 heteroatoms. The predicted octanol–water partition coefficient (Wildman–Crippen LogP) is 1.93. The molecule has 2 N–H and O–H groups in total. The lowest BCUT2D eigenvalue weighted by Crippen LogP contribution is -2.17. The van der Waals surface area contributed by atoms with Gasteiger partial charge in [-0.15, -0.1) is 0 Å². The number of esters is 1. The molecule has 0 aliphatic rings. The number of anilines is 1. The summed E-state index contributed by atoms with van der Waals surface area (Å²) in [5.41, 5.74) is 7.17. The molecule has 0 saturated heterocycles. The van der Waals surface area contributed by atoms with Crippen molar-refractivity contribution in [1.82, 2.24) is 0 Å². The van der Waals surface area contributed by atoms with Crippen molar-refractivity contribution >= 4 is 37.4 Å². The lowest BCUT2D eigenvalue weighted by molar-refractivity contribution is 0.0528. The number of carbonyl (C=O) groups is 1. The minimum atomic E-state index is -3.13. The summed E-state index contributed by atoms with van der Waals surface area (Å²) in [5, 5.41) is 0. The Hall–Kier alpha value is -1.08. The number of sulfone groups is 1. The summed E-state index contributed by atoms with van der Waals surface area (Å²) in [6.45, 7) is 3.11. The Labute approximate surface area is 121 Å². The Morgan fingerprint density at radius 3 is 2.63 bits per heavy atom. The van der Waals surface area contributed by atoms with Crippen molar-refractivity contribution in [2.75, 3.05) is 23.8 Å². The number of carbonyl (C=O) groups excluding carboxylic acids is 1. The Kier molecular flexibility index (Phi) is 5.37. The van der Waals surface area contributed by atoms with Gasteiger partial charge in [0, 0.05) is 15.9 Å². The molecule has 19 heavy (non-hydrogen) atoms. The molecule has 106 valence electrons. The summed E-state index contributed by atoms with van der Waals surface area (Å²) in [6.07, 6.45) is 0. The number of hydrogen-bond donors (Lipinski definition) is 1. The van der Waals surface area contributed by atoms with Gasteiger partial charge in [-0.25, -0.2) is 13.2 Å². The van der Waals surface area contributed by atoms with Crippen molar-refractivity contribution < 1.29 is 17.9 Å². The SMILES string of the molecule is CCS(=O)(=O)CCOC(=O)c1cc(Br)cc(N)c1C. The summed E-state index contributed by atoms with van der Waals surface area (Å²) >= 11 is 3.24. The number of hydrogen-bond acceptors (Lipinski definition) is 5. The molecule has 1 rings (SSSR count). The van der Waals surface area contributed by atoms with Crippen LogP contribution < -0.4 is 5.73 Å². The molecule has 0 aromatic heterocycles. The Morgan fingerprint density at radius 1 is 1.42 bits per heavy atom. The zero-order valence-electron chi connectivity index (χ0n) is 10.8. The molecule has 1 aromatic rings. The number of nitrogen functional groups attached to an aromatic ring is 1. The van der Waals surface area contributed by atoms with Crippen molar-refractivity contribution in [2.24, 2.45) is 0 Å². The maximum Gasteiger partial charge on any atom is 0.338 e. The van der Waals surface area contributed by atoms with E-state index < -0.39 is 15.8 Å². The highest BCUT2D eigenvalue weighted by atomic mass is 79.9. The highest BCUT2D eigenvalue weighted by molar-refractivity contribution is 9.10. The highest BCUT2D eigenvalue weighted by Crippen LogP contribution is 2.23. The standard InChI is InChI=1S/C12H16BrNO4S/c1-3-19(16,17)5-4-18-12(15)10-6-9(13)7-11(14)8(10)2/h6-7H,3-5,14H2,1-2H3. The third-order valence-corrected chi connectivity index (χ3v) is 4.83. The van der Waals surface area contributed by atoms with Crippen LogP contribution in [-0.2, 0) is 14.6 Å². The molecule has 0 spiro atoms. The molecule has 1 aromatic carbocycles. The number of halogens is 1. The van der Waals surface area contributed by atoms with Gasteiger partial charge in [-0.05, 0) is 24.6 Å². The summed E-state index contributed by atoms with van der Waals surface area (Å²) in [4.78, 5) is 11.9. The van der Waals surface area contributed by atoms with Crippen LogP contribution in [0.3, 0.4) is 0 Å². The quantitative estimate of drug-likeness (QED) is 0.648. The van der Waals surface area contributed by atoms with Crippen LogP contribution in [0.5, 0.6) is 0 Å². The van der Waals surface area contributed by atoms with Crippen molar-refractivity contribution in [2.45, 2.75) is 13.8 Å². The minimum absolute atomic E-state index is 0.0351. The smallest absolute Gasteiger partial charge is 0.338 e. The van der Waals surface area contributed by atoms with E-state index >= 15 is 0 Å². The summed E-state index contributed by atoms with van der Waals surface area (Å²) in [7, 11) is -3.13. The second-order valence-electron chi connectivity index (χ2n) is 4.04. The molecule has 0 bridgehead atoms. The first kappa shape index (κ1) is 16.0. The number of nitrogens with two attached hydrogens (primary N) is 1. The largest absolute Gasteiger partial charge is 0.461 e. The summed E-state index contributed by atoms with van der Waals surface area (Å²) in [6, 6.07) is 3.29. The van der Waals surface area contributed by atoms with Gasteiger partial charge in [-0.1, -0.05) is 22.9 Å². The molecule has 0 atom stereocenters. The number of benzene rings is 1. The molecule has 0 fully saturated rings. The molecular weight excluding hydrogens is 334 g/mol. The fourth-order valence-corrected chi connectivity index (χ4v) is 2.50. The van der Waals surface area contributed by atoms with Crippen LogP contribution in [0.1, 0.15) is 22.8 Å². The van der Waals surface area contributed by atoms with Gasteiger partial charge in [0.2, 0.25) is 0 Å². The van der Waals surface area contributed by atoms with Gasteiger partial charge in [0.05, 0.1) is 11.3 Å². The van der Waals surface area contributed by atoms with Crippen molar-refractivity contribution in [3.05, 3.63) is 27.7 Å². The molecule has 0 aliphatic heterocycles. The van der Waals surface area contributed by atoms with Crippen LogP contribution >= 0.6 is 15.9 Å². The van der Waals surface area contributed by atoms with Gasteiger partial charge in [-0.2, -0.15) is 0 Å². The third-order valence-electron chi connectivity index (χ3n) is 2.70. The van der Waals surface area contributed by atoms with E-state index in [4.69, 9.17) is 10.5 Å². The first-order valence-electron chi connectivity index (χ1n) is 5.70. The van der Waals surface area contributed by atoms with Crippen LogP contribution in [-0.4, -0.2) is 32.5 Å². The molecule has 0 amide bonds. The second kappa shape index (κ2) is 6.38. The van der Waals surface area contributed by atoms with E-state index in [1.807, 2.05) is 0 Å². The van der Waals surface area contributed by atoms with Gasteiger partial charge >= 0.3 is 5.97 Å². The summed E-state index contributed by atoms with van der Waals surface area (Å²) in [5.74, 6) is -0.706. The van der Waals surface area contributed by atoms with Crippen LogP contribution in [0.4, 0.5) is 5.69 Å². The van der Waals surface area contributed by atoms with E-state index in [9.17, 15) is 13.2 Å². The Morgan fingerprint density at radius 2 is 2.05 bits per heavy atom. The van der Waals surface area contributed by atoms with Crippen LogP contribution in [0.25, 0.3) is 0 Å². The van der Waals surface area contributed by atoms with Gasteiger partial charge in [0.15, 0.2) is 9.84 Å². The van der Waals surface area contributed by atoms with Gasteiger partial charge < -0.3 is 10.5 Å². The van der Waals surface area contributed by atoms with E-state index in [-0.39, 0.29) is 18.1 Å². The average molecular weight is 350 g/mol. The second-order valence-corrected chi connectivity index (χ2v) is 7.43. The molecule has 5 nitrogen and oxygen atoms in total. The molecule has 0 heterocycles. The van der Waals surface area contributed by atoms with Gasteiger partial charge in [0.25, 0.3) is 0 Å². The molecule has 0 unspecified atom stereocenters. The molecular formula is C12H16BrNO4S. The van der Waals surface area contributed by atoms with Crippen LogP contribution in [0, 0.1) is 6.92 Å².